The van der Waals surface area contributed by atoms with Crippen LogP contribution in [0.5, 0.6) is 0 Å². The van der Waals surface area contributed by atoms with Gasteiger partial charge in [-0.25, -0.2) is 0 Å². The van der Waals surface area contributed by atoms with Crippen LogP contribution in [0.1, 0.15) is 24.5 Å². The van der Waals surface area contributed by atoms with Gasteiger partial charge in [-0.2, -0.15) is 5.26 Å². The molecule has 1 amide bonds. The van der Waals surface area contributed by atoms with Gasteiger partial charge in [-0.1, -0.05) is 47.7 Å². The lowest BCUT2D eigenvalue weighted by Gasteiger charge is -2.24. The van der Waals surface area contributed by atoms with Crippen LogP contribution in [-0.4, -0.2) is 32.5 Å². The topological polar surface area (TPSA) is 74.8 Å². The first-order valence-electron chi connectivity index (χ1n) is 9.39. The van der Waals surface area contributed by atoms with Crippen LogP contribution in [0.15, 0.2) is 60.0 Å². The maximum Gasteiger partial charge on any atom is 0.240 e. The largest absolute Gasteiger partial charge is 0.310 e. The Bertz CT molecular complexity index is 1030. The van der Waals surface area contributed by atoms with Crippen molar-refractivity contribution in [1.82, 2.24) is 14.8 Å². The van der Waals surface area contributed by atoms with Crippen LogP contribution < -0.4 is 4.90 Å². The Morgan fingerprint density at radius 2 is 2.00 bits per heavy atom. The first-order chi connectivity index (χ1) is 14.0. The fraction of sp³-hybridized carbons (Fsp3) is 0.273. The molecule has 3 rings (SSSR count). The van der Waals surface area contributed by atoms with Crippen molar-refractivity contribution in [3.8, 4) is 11.8 Å². The van der Waals surface area contributed by atoms with Gasteiger partial charge in [-0.3, -0.25) is 9.36 Å². The fourth-order valence-electron chi connectivity index (χ4n) is 3.11. The molecule has 0 saturated carbocycles. The molecule has 7 heteroatoms. The molecule has 0 fully saturated rings. The first-order valence-corrected chi connectivity index (χ1v) is 10.3. The van der Waals surface area contributed by atoms with E-state index in [0.29, 0.717) is 11.7 Å². The molecule has 1 aromatic heterocycles. The van der Waals surface area contributed by atoms with Crippen molar-refractivity contribution in [3.63, 3.8) is 0 Å². The highest BCUT2D eigenvalue weighted by Crippen LogP contribution is 2.28. The van der Waals surface area contributed by atoms with Crippen molar-refractivity contribution >= 4 is 23.4 Å². The number of rotatable bonds is 7. The van der Waals surface area contributed by atoms with Crippen LogP contribution in [0.2, 0.25) is 0 Å². The van der Waals surface area contributed by atoms with Crippen molar-refractivity contribution in [2.24, 2.45) is 0 Å². The van der Waals surface area contributed by atoms with Gasteiger partial charge in [0.25, 0.3) is 0 Å². The maximum absolute atomic E-state index is 13.2. The molecule has 0 aliphatic heterocycles. The molecular weight excluding hydrogens is 382 g/mol. The summed E-state index contributed by atoms with van der Waals surface area (Å²) in [7, 11) is 0. The van der Waals surface area contributed by atoms with Crippen LogP contribution >= 0.6 is 11.8 Å². The number of aryl methyl sites for hydroxylation is 2. The van der Waals surface area contributed by atoms with E-state index in [1.54, 1.807) is 11.2 Å². The highest BCUT2D eigenvalue weighted by Gasteiger charge is 2.25. The molecule has 0 bridgehead atoms. The number of benzene rings is 2. The normalized spacial score (nSPS) is 11.7. The third kappa shape index (κ3) is 4.84. The minimum atomic E-state index is -0.386. The van der Waals surface area contributed by atoms with Gasteiger partial charge in [0, 0.05) is 12.2 Å². The van der Waals surface area contributed by atoms with Gasteiger partial charge in [0.05, 0.1) is 23.4 Å². The Morgan fingerprint density at radius 3 is 2.69 bits per heavy atom. The van der Waals surface area contributed by atoms with Gasteiger partial charge < -0.3 is 4.90 Å². The molecule has 0 saturated heterocycles. The second-order valence-electron chi connectivity index (χ2n) is 6.77. The maximum atomic E-state index is 13.2. The van der Waals surface area contributed by atoms with Gasteiger partial charge in [0.15, 0.2) is 5.16 Å². The Hall–Kier alpha value is -3.11. The molecule has 0 aliphatic carbocycles. The summed E-state index contributed by atoms with van der Waals surface area (Å²) in [4.78, 5) is 14.8. The molecule has 1 unspecified atom stereocenters. The van der Waals surface area contributed by atoms with Crippen LogP contribution in [0.3, 0.4) is 0 Å². The second-order valence-corrected chi connectivity index (χ2v) is 8.08. The van der Waals surface area contributed by atoms with Gasteiger partial charge in [0.1, 0.15) is 6.33 Å². The molecule has 0 radical (unpaired) electrons. The van der Waals surface area contributed by atoms with Crippen molar-refractivity contribution in [2.75, 3.05) is 11.4 Å². The average molecular weight is 406 g/mol. The predicted octanol–water partition coefficient (Wildman–Crippen LogP) is 4.31. The molecule has 148 valence electrons. The van der Waals surface area contributed by atoms with Crippen LogP contribution in [0.4, 0.5) is 5.69 Å². The lowest BCUT2D eigenvalue weighted by Crippen LogP contribution is -2.37. The Balaban J connectivity index is 1.82. The number of anilines is 1. The summed E-state index contributed by atoms with van der Waals surface area (Å²) in [5, 5.41) is 17.5. The van der Waals surface area contributed by atoms with Crippen LogP contribution in [0.25, 0.3) is 5.69 Å². The lowest BCUT2D eigenvalue weighted by atomic mass is 10.1. The second kappa shape index (κ2) is 9.39. The summed E-state index contributed by atoms with van der Waals surface area (Å²) in [6.45, 7) is 6.31. The summed E-state index contributed by atoms with van der Waals surface area (Å²) in [5.74, 6) is -0.0633. The number of thioether (sulfide) groups is 1. The number of amides is 1. The highest BCUT2D eigenvalue weighted by atomic mass is 32.2. The number of para-hydroxylation sites is 1. The lowest BCUT2D eigenvalue weighted by molar-refractivity contribution is -0.117. The third-order valence-corrected chi connectivity index (χ3v) is 5.58. The van der Waals surface area contributed by atoms with Crippen molar-refractivity contribution in [3.05, 3.63) is 66.0 Å². The number of carbonyl (C=O) groups is 1. The van der Waals surface area contributed by atoms with E-state index in [2.05, 4.69) is 29.3 Å². The van der Waals surface area contributed by atoms with E-state index in [1.165, 1.54) is 17.3 Å². The van der Waals surface area contributed by atoms with E-state index in [-0.39, 0.29) is 17.6 Å². The van der Waals surface area contributed by atoms with Crippen molar-refractivity contribution in [2.45, 2.75) is 37.6 Å². The van der Waals surface area contributed by atoms with E-state index in [9.17, 15) is 4.79 Å². The minimum absolute atomic E-state index is 0.0633. The summed E-state index contributed by atoms with van der Waals surface area (Å²) in [6.07, 6.45) is 1.94. The van der Waals surface area contributed by atoms with Crippen molar-refractivity contribution in [1.29, 1.82) is 5.26 Å². The molecule has 3 aromatic rings. The molecule has 0 N–H and O–H groups in total. The quantitative estimate of drug-likeness (QED) is 0.548. The van der Waals surface area contributed by atoms with E-state index in [1.807, 2.05) is 60.9 Å². The number of nitriles is 1. The molecule has 6 nitrogen and oxygen atoms in total. The highest BCUT2D eigenvalue weighted by molar-refractivity contribution is 8.00. The molecule has 2 aromatic carbocycles. The number of carbonyl (C=O) groups excluding carboxylic acids is 1. The number of aromatic nitrogens is 3. The van der Waals surface area contributed by atoms with E-state index in [0.717, 1.165) is 16.9 Å². The monoisotopic (exact) mass is 405 g/mol. The van der Waals surface area contributed by atoms with Gasteiger partial charge in [-0.15, -0.1) is 10.2 Å². The third-order valence-electron chi connectivity index (χ3n) is 4.54. The van der Waals surface area contributed by atoms with Gasteiger partial charge in [0.2, 0.25) is 5.91 Å². The summed E-state index contributed by atoms with van der Waals surface area (Å²) < 4.78 is 1.91. The van der Waals surface area contributed by atoms with Gasteiger partial charge >= 0.3 is 0 Å². The minimum Gasteiger partial charge on any atom is -0.310 e. The Kier molecular flexibility index (Phi) is 6.68. The van der Waals surface area contributed by atoms with E-state index >= 15 is 0 Å². The summed E-state index contributed by atoms with van der Waals surface area (Å²) >= 11 is 1.36. The van der Waals surface area contributed by atoms with Gasteiger partial charge in [-0.05, 0) is 44.5 Å². The number of nitrogens with zero attached hydrogens (tertiary/aromatic N) is 5. The molecule has 1 heterocycles. The number of hydrogen-bond acceptors (Lipinski definition) is 5. The Morgan fingerprint density at radius 1 is 1.24 bits per heavy atom. The average Bonchev–Trinajstić information content (AvgIpc) is 3.16. The summed E-state index contributed by atoms with van der Waals surface area (Å²) in [6, 6.07) is 17.7. The van der Waals surface area contributed by atoms with Crippen LogP contribution in [0, 0.1) is 25.2 Å². The zero-order valence-corrected chi connectivity index (χ0v) is 17.6. The zero-order valence-electron chi connectivity index (χ0n) is 16.7. The van der Waals surface area contributed by atoms with E-state index < -0.39 is 0 Å². The zero-order chi connectivity index (χ0) is 20.8. The molecule has 0 spiro atoms. The fourth-order valence-corrected chi connectivity index (χ4v) is 4.01. The molecule has 0 aliphatic rings. The van der Waals surface area contributed by atoms with Crippen LogP contribution in [-0.2, 0) is 4.79 Å². The SMILES string of the molecule is Cc1ccc(-n2cnnc2SC(C)C(=O)N(CCC#N)c2ccccc2)c(C)c1. The summed E-state index contributed by atoms with van der Waals surface area (Å²) in [5.41, 5.74) is 4.09. The Labute approximate surface area is 175 Å². The van der Waals surface area contributed by atoms with Crippen molar-refractivity contribution < 1.29 is 4.79 Å². The number of hydrogen-bond donors (Lipinski definition) is 0. The molecular formula is C22H23N5OS. The van der Waals surface area contributed by atoms with E-state index in [4.69, 9.17) is 5.26 Å². The first kappa shape index (κ1) is 20.6. The molecule has 1 atom stereocenters. The smallest absolute Gasteiger partial charge is 0.240 e. The predicted molar refractivity (Wildman–Crippen MR) is 115 cm³/mol. The molecule has 29 heavy (non-hydrogen) atoms. The standard InChI is InChI=1S/C22H23N5OS/c1-16-10-11-20(17(2)14-16)27-15-24-25-22(27)29-18(3)21(28)26(13-7-12-23)19-8-5-4-6-9-19/h4-6,8-11,14-15,18H,7,13H2,1-3H3.